The van der Waals surface area contributed by atoms with Crippen molar-refractivity contribution in [2.45, 2.75) is 70.9 Å². The molecule has 0 aromatic heterocycles. The second kappa shape index (κ2) is 12.9. The zero-order valence-corrected chi connectivity index (χ0v) is 16.6. The molecule has 1 rings (SSSR count). The summed E-state index contributed by atoms with van der Waals surface area (Å²) in [4.78, 5) is 36.0. The maximum Gasteiger partial charge on any atom is 0.328 e. The van der Waals surface area contributed by atoms with Gasteiger partial charge in [-0.05, 0) is 18.9 Å². The van der Waals surface area contributed by atoms with E-state index in [0.29, 0.717) is 6.42 Å². The van der Waals surface area contributed by atoms with Gasteiger partial charge in [0.15, 0.2) is 0 Å². The minimum absolute atomic E-state index is 0.0375. The van der Waals surface area contributed by atoms with Crippen LogP contribution >= 0.6 is 0 Å². The van der Waals surface area contributed by atoms with Crippen LogP contribution in [-0.2, 0) is 19.1 Å². The van der Waals surface area contributed by atoms with Crippen molar-refractivity contribution in [2.24, 2.45) is 0 Å². The number of hydrogen-bond donors (Lipinski definition) is 2. The second-order valence-corrected chi connectivity index (χ2v) is 6.69. The Bertz CT molecular complexity index is 589. The Morgan fingerprint density at radius 2 is 1.59 bits per heavy atom. The fraction of sp³-hybridized carbons (Fsp3) is 0.571. The highest BCUT2D eigenvalue weighted by atomic mass is 16.5. The molecule has 0 unspecified atom stereocenters. The maximum absolute atomic E-state index is 12.1. The van der Waals surface area contributed by atoms with Crippen molar-refractivity contribution < 1.29 is 19.1 Å². The first-order valence-corrected chi connectivity index (χ1v) is 9.69. The fourth-order valence-corrected chi connectivity index (χ4v) is 2.80. The monoisotopic (exact) mass is 376 g/mol. The summed E-state index contributed by atoms with van der Waals surface area (Å²) in [5, 5.41) is 5.57. The van der Waals surface area contributed by atoms with E-state index in [1.54, 1.807) is 0 Å². The zero-order chi connectivity index (χ0) is 20.1. The molecule has 2 amide bonds. The summed E-state index contributed by atoms with van der Waals surface area (Å²) in [5.41, 5.74) is 1.01. The Morgan fingerprint density at radius 3 is 2.19 bits per heavy atom. The number of amides is 2. The molecule has 6 heteroatoms. The largest absolute Gasteiger partial charge is 0.467 e. The molecule has 0 saturated heterocycles. The first kappa shape index (κ1) is 22.7. The predicted molar refractivity (Wildman–Crippen MR) is 105 cm³/mol. The molecule has 0 saturated carbocycles. The average Bonchev–Trinajstić information content (AvgIpc) is 2.68. The molecule has 0 heterocycles. The van der Waals surface area contributed by atoms with Crippen LogP contribution in [0.1, 0.15) is 70.4 Å². The van der Waals surface area contributed by atoms with Gasteiger partial charge in [-0.25, -0.2) is 4.79 Å². The van der Waals surface area contributed by atoms with Gasteiger partial charge in [0.25, 0.3) is 0 Å². The summed E-state index contributed by atoms with van der Waals surface area (Å²) in [6, 6.07) is 8.86. The molecule has 0 spiro atoms. The van der Waals surface area contributed by atoms with E-state index in [2.05, 4.69) is 17.6 Å². The standard InChI is InChI=1S/C21H32N2O4/c1-4-5-6-10-13-18(21(26)27-3)23-20(25)15-14-19(24)22-16(2)17-11-8-7-9-12-17/h7-9,11-12,16,18H,4-6,10,13-15H2,1-3H3,(H,22,24)(H,23,25)/t16-,18+/m1/s1. The van der Waals surface area contributed by atoms with Crippen LogP contribution in [0, 0.1) is 0 Å². The molecule has 6 nitrogen and oxygen atoms in total. The van der Waals surface area contributed by atoms with E-state index in [4.69, 9.17) is 4.74 Å². The number of esters is 1. The molecular weight excluding hydrogens is 344 g/mol. The van der Waals surface area contributed by atoms with E-state index in [-0.39, 0.29) is 30.7 Å². The minimum atomic E-state index is -0.648. The summed E-state index contributed by atoms with van der Waals surface area (Å²) in [6.07, 6.45) is 4.73. The average molecular weight is 376 g/mol. The van der Waals surface area contributed by atoms with Crippen LogP contribution < -0.4 is 10.6 Å². The molecule has 0 fully saturated rings. The van der Waals surface area contributed by atoms with Crippen molar-refractivity contribution in [3.63, 3.8) is 0 Å². The van der Waals surface area contributed by atoms with E-state index < -0.39 is 12.0 Å². The van der Waals surface area contributed by atoms with Gasteiger partial charge in [0.2, 0.25) is 11.8 Å². The van der Waals surface area contributed by atoms with E-state index in [0.717, 1.165) is 31.2 Å². The number of benzene rings is 1. The molecule has 27 heavy (non-hydrogen) atoms. The van der Waals surface area contributed by atoms with Crippen LogP contribution in [0.5, 0.6) is 0 Å². The Kier molecular flexibility index (Phi) is 10.8. The third-order valence-corrected chi connectivity index (χ3v) is 4.42. The lowest BCUT2D eigenvalue weighted by atomic mass is 10.1. The number of unbranched alkanes of at least 4 members (excludes halogenated alkanes) is 3. The lowest BCUT2D eigenvalue weighted by molar-refractivity contribution is -0.145. The second-order valence-electron chi connectivity index (χ2n) is 6.69. The van der Waals surface area contributed by atoms with Crippen molar-refractivity contribution in [3.05, 3.63) is 35.9 Å². The molecule has 1 aromatic rings. The van der Waals surface area contributed by atoms with Gasteiger partial charge in [-0.2, -0.15) is 0 Å². The molecular formula is C21H32N2O4. The lowest BCUT2D eigenvalue weighted by Crippen LogP contribution is -2.41. The number of rotatable bonds is 12. The molecule has 0 aliphatic heterocycles. The van der Waals surface area contributed by atoms with Crippen LogP contribution in [0.4, 0.5) is 0 Å². The summed E-state index contributed by atoms with van der Waals surface area (Å²) >= 11 is 0. The van der Waals surface area contributed by atoms with Crippen LogP contribution in [0.25, 0.3) is 0 Å². The summed E-state index contributed by atoms with van der Waals surface area (Å²) in [7, 11) is 1.31. The molecule has 2 N–H and O–H groups in total. The van der Waals surface area contributed by atoms with Crippen molar-refractivity contribution in [2.75, 3.05) is 7.11 Å². The normalized spacial score (nSPS) is 12.7. The number of carbonyl (C=O) groups is 3. The van der Waals surface area contributed by atoms with Gasteiger partial charge in [-0.3, -0.25) is 9.59 Å². The highest BCUT2D eigenvalue weighted by Gasteiger charge is 2.21. The Hall–Kier alpha value is -2.37. The highest BCUT2D eigenvalue weighted by Crippen LogP contribution is 2.11. The maximum atomic E-state index is 12.1. The lowest BCUT2D eigenvalue weighted by Gasteiger charge is -2.17. The Balaban J connectivity index is 2.39. The zero-order valence-electron chi connectivity index (χ0n) is 16.6. The van der Waals surface area contributed by atoms with E-state index >= 15 is 0 Å². The van der Waals surface area contributed by atoms with Gasteiger partial charge in [0, 0.05) is 12.8 Å². The summed E-state index contributed by atoms with van der Waals surface area (Å²) < 4.78 is 4.76. The Labute approximate surface area is 162 Å². The first-order valence-electron chi connectivity index (χ1n) is 9.69. The SMILES string of the molecule is CCCCCC[C@H](NC(=O)CCC(=O)N[C@H](C)c1ccccc1)C(=O)OC. The molecule has 150 valence electrons. The first-order chi connectivity index (χ1) is 13.0. The van der Waals surface area contributed by atoms with Gasteiger partial charge in [-0.1, -0.05) is 62.9 Å². The molecule has 0 aliphatic carbocycles. The molecule has 2 atom stereocenters. The van der Waals surface area contributed by atoms with Crippen LogP contribution in [0.3, 0.4) is 0 Å². The van der Waals surface area contributed by atoms with Crippen LogP contribution in [0.15, 0.2) is 30.3 Å². The van der Waals surface area contributed by atoms with Crippen molar-refractivity contribution in [3.8, 4) is 0 Å². The number of ether oxygens (including phenoxy) is 1. The molecule has 0 aliphatic rings. The number of carbonyl (C=O) groups excluding carboxylic acids is 3. The summed E-state index contributed by atoms with van der Waals surface area (Å²) in [5.74, 6) is -0.954. The Morgan fingerprint density at radius 1 is 0.963 bits per heavy atom. The van der Waals surface area contributed by atoms with Crippen LogP contribution in [0.2, 0.25) is 0 Å². The van der Waals surface area contributed by atoms with Gasteiger partial charge in [0.05, 0.1) is 13.2 Å². The van der Waals surface area contributed by atoms with Gasteiger partial charge >= 0.3 is 5.97 Å². The number of hydrogen-bond acceptors (Lipinski definition) is 4. The van der Waals surface area contributed by atoms with Crippen LogP contribution in [-0.4, -0.2) is 30.9 Å². The molecule has 0 radical (unpaired) electrons. The highest BCUT2D eigenvalue weighted by molar-refractivity contribution is 5.87. The molecule has 1 aromatic carbocycles. The van der Waals surface area contributed by atoms with Gasteiger partial charge in [-0.15, -0.1) is 0 Å². The minimum Gasteiger partial charge on any atom is -0.467 e. The third kappa shape index (κ3) is 9.22. The van der Waals surface area contributed by atoms with E-state index in [9.17, 15) is 14.4 Å². The van der Waals surface area contributed by atoms with Crippen molar-refractivity contribution in [1.29, 1.82) is 0 Å². The summed E-state index contributed by atoms with van der Waals surface area (Å²) in [6.45, 7) is 4.01. The van der Waals surface area contributed by atoms with E-state index in [1.165, 1.54) is 7.11 Å². The predicted octanol–water partition coefficient (Wildman–Crippen LogP) is 3.27. The van der Waals surface area contributed by atoms with Gasteiger partial charge < -0.3 is 15.4 Å². The third-order valence-electron chi connectivity index (χ3n) is 4.42. The van der Waals surface area contributed by atoms with Crippen molar-refractivity contribution >= 4 is 17.8 Å². The topological polar surface area (TPSA) is 84.5 Å². The number of methoxy groups -OCH3 is 1. The van der Waals surface area contributed by atoms with Crippen molar-refractivity contribution in [1.82, 2.24) is 10.6 Å². The fourth-order valence-electron chi connectivity index (χ4n) is 2.80. The van der Waals surface area contributed by atoms with E-state index in [1.807, 2.05) is 37.3 Å². The molecule has 0 bridgehead atoms. The van der Waals surface area contributed by atoms with Gasteiger partial charge in [0.1, 0.15) is 6.04 Å². The smallest absolute Gasteiger partial charge is 0.328 e. The quantitative estimate of drug-likeness (QED) is 0.433. The number of nitrogens with one attached hydrogen (secondary N) is 2.